The van der Waals surface area contributed by atoms with Crippen LogP contribution >= 0.6 is 0 Å². The van der Waals surface area contributed by atoms with Crippen LogP contribution in [0, 0.1) is 0 Å². The fraction of sp³-hybridized carbons (Fsp3) is 0.571. The predicted molar refractivity (Wildman–Crippen MR) is 106 cm³/mol. The molecule has 0 aromatic heterocycles. The molecule has 150 valence electrons. The quantitative estimate of drug-likeness (QED) is 0.792. The SMILES string of the molecule is CC1(C)C(=O)NC2=Nc3ccc(OCCCC(=O)N4CCCCC4)cc3CN21. The number of aliphatic imine (C=N–C) groups is 1. The van der Waals surface area contributed by atoms with Gasteiger partial charge in [0.05, 0.1) is 12.3 Å². The maximum absolute atomic E-state index is 12.2. The summed E-state index contributed by atoms with van der Waals surface area (Å²) in [5, 5.41) is 2.85. The smallest absolute Gasteiger partial charge is 0.252 e. The summed E-state index contributed by atoms with van der Waals surface area (Å²) >= 11 is 0. The third kappa shape index (κ3) is 3.57. The zero-order valence-electron chi connectivity index (χ0n) is 16.7. The monoisotopic (exact) mass is 384 g/mol. The second-order valence-corrected chi connectivity index (χ2v) is 8.22. The van der Waals surface area contributed by atoms with Gasteiger partial charge in [-0.15, -0.1) is 0 Å². The first kappa shape index (κ1) is 18.8. The van der Waals surface area contributed by atoms with Crippen LogP contribution in [0.15, 0.2) is 23.2 Å². The van der Waals surface area contributed by atoms with Gasteiger partial charge in [-0.3, -0.25) is 14.9 Å². The van der Waals surface area contributed by atoms with E-state index < -0.39 is 5.54 Å². The molecule has 0 unspecified atom stereocenters. The summed E-state index contributed by atoms with van der Waals surface area (Å²) in [6.45, 7) is 6.73. The summed E-state index contributed by atoms with van der Waals surface area (Å²) in [6.07, 6.45) is 4.73. The highest BCUT2D eigenvalue weighted by atomic mass is 16.5. The van der Waals surface area contributed by atoms with Crippen molar-refractivity contribution in [1.29, 1.82) is 0 Å². The molecule has 0 aliphatic carbocycles. The van der Waals surface area contributed by atoms with Crippen LogP contribution in [0.4, 0.5) is 5.69 Å². The molecule has 1 aromatic rings. The molecule has 4 rings (SSSR count). The van der Waals surface area contributed by atoms with Crippen molar-refractivity contribution in [3.05, 3.63) is 23.8 Å². The molecule has 3 aliphatic heterocycles. The molecule has 0 atom stereocenters. The summed E-state index contributed by atoms with van der Waals surface area (Å²) in [5.74, 6) is 1.60. The van der Waals surface area contributed by atoms with Crippen LogP contribution in [-0.4, -0.2) is 52.8 Å². The molecule has 0 radical (unpaired) electrons. The van der Waals surface area contributed by atoms with Crippen LogP contribution < -0.4 is 10.1 Å². The molecular formula is C21H28N4O3. The van der Waals surface area contributed by atoms with Gasteiger partial charge in [-0.25, -0.2) is 4.99 Å². The lowest BCUT2D eigenvalue weighted by atomic mass is 10.0. The first-order chi connectivity index (χ1) is 13.4. The Morgan fingerprint density at radius 1 is 1.25 bits per heavy atom. The van der Waals surface area contributed by atoms with Gasteiger partial charge in [-0.1, -0.05) is 0 Å². The number of carbonyl (C=O) groups excluding carboxylic acids is 2. The Labute approximate surface area is 165 Å². The van der Waals surface area contributed by atoms with E-state index in [-0.39, 0.29) is 11.8 Å². The minimum Gasteiger partial charge on any atom is -0.494 e. The first-order valence-corrected chi connectivity index (χ1v) is 10.2. The van der Waals surface area contributed by atoms with Gasteiger partial charge in [0.1, 0.15) is 11.3 Å². The Kier molecular flexibility index (Phi) is 5.00. The number of benzene rings is 1. The van der Waals surface area contributed by atoms with Gasteiger partial charge in [0, 0.05) is 31.6 Å². The van der Waals surface area contributed by atoms with Crippen molar-refractivity contribution in [3.8, 4) is 5.75 Å². The van der Waals surface area contributed by atoms with E-state index in [2.05, 4.69) is 10.3 Å². The summed E-state index contributed by atoms with van der Waals surface area (Å²) < 4.78 is 5.87. The van der Waals surface area contributed by atoms with E-state index in [9.17, 15) is 9.59 Å². The topological polar surface area (TPSA) is 74.2 Å². The van der Waals surface area contributed by atoms with Crippen LogP contribution in [0.25, 0.3) is 0 Å². The molecule has 1 N–H and O–H groups in total. The van der Waals surface area contributed by atoms with Crippen molar-refractivity contribution >= 4 is 23.5 Å². The maximum atomic E-state index is 12.2. The van der Waals surface area contributed by atoms with Gasteiger partial charge in [-0.2, -0.15) is 0 Å². The standard InChI is InChI=1S/C21H28N4O3/c1-21(2)19(27)23-20-22-17-9-8-16(13-15(17)14-25(20)21)28-12-6-7-18(26)24-10-4-3-5-11-24/h8-9,13H,3-7,10-12,14H2,1-2H3,(H,22,23,27). The molecule has 7 heteroatoms. The molecular weight excluding hydrogens is 356 g/mol. The largest absolute Gasteiger partial charge is 0.494 e. The van der Waals surface area contributed by atoms with Gasteiger partial charge in [0.15, 0.2) is 0 Å². The molecule has 0 saturated carbocycles. The van der Waals surface area contributed by atoms with E-state index in [4.69, 9.17) is 4.74 Å². The second kappa shape index (κ2) is 7.45. The third-order valence-corrected chi connectivity index (χ3v) is 5.83. The number of amides is 2. The fourth-order valence-electron chi connectivity index (χ4n) is 3.96. The van der Waals surface area contributed by atoms with E-state index >= 15 is 0 Å². The zero-order chi connectivity index (χ0) is 19.7. The van der Waals surface area contributed by atoms with E-state index in [1.807, 2.05) is 41.8 Å². The number of likely N-dealkylation sites (tertiary alicyclic amines) is 1. The molecule has 28 heavy (non-hydrogen) atoms. The Balaban J connectivity index is 1.32. The van der Waals surface area contributed by atoms with Crippen molar-refractivity contribution in [2.24, 2.45) is 4.99 Å². The number of rotatable bonds is 5. The Morgan fingerprint density at radius 3 is 2.82 bits per heavy atom. The van der Waals surface area contributed by atoms with Crippen molar-refractivity contribution < 1.29 is 14.3 Å². The normalized spacial score (nSPS) is 20.2. The second-order valence-electron chi connectivity index (χ2n) is 8.22. The number of hydrogen-bond donors (Lipinski definition) is 1. The molecule has 1 aromatic carbocycles. The van der Waals surface area contributed by atoms with E-state index in [1.165, 1.54) is 6.42 Å². The van der Waals surface area contributed by atoms with Crippen LogP contribution in [0.3, 0.4) is 0 Å². The lowest BCUT2D eigenvalue weighted by Gasteiger charge is -2.32. The number of carbonyl (C=O) groups is 2. The van der Waals surface area contributed by atoms with Gasteiger partial charge >= 0.3 is 0 Å². The minimum absolute atomic E-state index is 0.0334. The Bertz CT molecular complexity index is 812. The van der Waals surface area contributed by atoms with E-state index in [0.717, 1.165) is 42.9 Å². The molecule has 7 nitrogen and oxygen atoms in total. The van der Waals surface area contributed by atoms with E-state index in [0.29, 0.717) is 32.0 Å². The van der Waals surface area contributed by atoms with Crippen LogP contribution in [-0.2, 0) is 16.1 Å². The highest BCUT2D eigenvalue weighted by Gasteiger charge is 2.45. The average Bonchev–Trinajstić information content (AvgIpc) is 2.92. The maximum Gasteiger partial charge on any atom is 0.252 e. The van der Waals surface area contributed by atoms with E-state index in [1.54, 1.807) is 0 Å². The summed E-state index contributed by atoms with van der Waals surface area (Å²) in [6, 6.07) is 5.80. The molecule has 3 aliphatic rings. The van der Waals surface area contributed by atoms with Crippen LogP contribution in [0.1, 0.15) is 51.5 Å². The molecule has 2 saturated heterocycles. The van der Waals surface area contributed by atoms with Crippen LogP contribution in [0.5, 0.6) is 5.75 Å². The molecule has 0 bridgehead atoms. The molecule has 0 spiro atoms. The lowest BCUT2D eigenvalue weighted by molar-refractivity contribution is -0.132. The molecule has 3 heterocycles. The molecule has 2 amide bonds. The first-order valence-electron chi connectivity index (χ1n) is 10.2. The van der Waals surface area contributed by atoms with Gasteiger partial charge in [-0.05, 0) is 57.7 Å². The highest BCUT2D eigenvalue weighted by molar-refractivity contribution is 6.09. The number of guanidine groups is 1. The number of ether oxygens (including phenoxy) is 1. The zero-order valence-corrected chi connectivity index (χ0v) is 16.7. The van der Waals surface area contributed by atoms with Crippen LogP contribution in [0.2, 0.25) is 0 Å². The van der Waals surface area contributed by atoms with Crippen molar-refractivity contribution in [2.45, 2.75) is 58.0 Å². The Morgan fingerprint density at radius 2 is 2.04 bits per heavy atom. The minimum atomic E-state index is -0.609. The fourth-order valence-corrected chi connectivity index (χ4v) is 3.96. The predicted octanol–water partition coefficient (Wildman–Crippen LogP) is 2.57. The van der Waals surface area contributed by atoms with Crippen molar-refractivity contribution in [1.82, 2.24) is 15.1 Å². The van der Waals surface area contributed by atoms with Gasteiger partial charge in [0.25, 0.3) is 5.91 Å². The summed E-state index contributed by atoms with van der Waals surface area (Å²) in [7, 11) is 0. The number of hydrogen-bond acceptors (Lipinski definition) is 5. The average molecular weight is 384 g/mol. The van der Waals surface area contributed by atoms with Gasteiger partial charge < -0.3 is 14.5 Å². The number of nitrogens with one attached hydrogen (secondary N) is 1. The number of nitrogens with zero attached hydrogens (tertiary/aromatic N) is 3. The highest BCUT2D eigenvalue weighted by Crippen LogP contribution is 2.34. The van der Waals surface area contributed by atoms with Crippen molar-refractivity contribution in [2.75, 3.05) is 19.7 Å². The third-order valence-electron chi connectivity index (χ3n) is 5.83. The summed E-state index contributed by atoms with van der Waals surface area (Å²) in [4.78, 5) is 32.9. The number of fused-ring (bicyclic) bond motifs is 2. The van der Waals surface area contributed by atoms with Crippen molar-refractivity contribution in [3.63, 3.8) is 0 Å². The summed E-state index contributed by atoms with van der Waals surface area (Å²) in [5.41, 5.74) is 1.29. The lowest BCUT2D eigenvalue weighted by Crippen LogP contribution is -2.44. The Hall–Kier alpha value is -2.57. The van der Waals surface area contributed by atoms with Gasteiger partial charge in [0.2, 0.25) is 11.9 Å². The molecule has 2 fully saturated rings. The number of piperidine rings is 1.